The number of hydrogen-bond donors (Lipinski definition) is 2. The van der Waals surface area contributed by atoms with Crippen molar-refractivity contribution in [2.45, 2.75) is 19.9 Å². The second-order valence-corrected chi connectivity index (χ2v) is 6.04. The first-order valence-corrected chi connectivity index (χ1v) is 7.69. The van der Waals surface area contributed by atoms with Gasteiger partial charge < -0.3 is 15.2 Å². The quantitative estimate of drug-likeness (QED) is 0.875. The smallest absolute Gasteiger partial charge is 0.291 e. The highest BCUT2D eigenvalue weighted by molar-refractivity contribution is 9.10. The number of hydrogen-bond acceptors (Lipinski definition) is 3. The fourth-order valence-corrected chi connectivity index (χ4v) is 2.95. The third kappa shape index (κ3) is 2.61. The van der Waals surface area contributed by atoms with Crippen molar-refractivity contribution in [3.05, 3.63) is 45.4 Å². The van der Waals surface area contributed by atoms with Crippen molar-refractivity contribution in [3.63, 3.8) is 0 Å². The topological polar surface area (TPSA) is 59.0 Å². The number of amides is 1. The van der Waals surface area contributed by atoms with Crippen molar-refractivity contribution in [2.75, 3.05) is 11.9 Å². The maximum absolute atomic E-state index is 12.5. The summed E-state index contributed by atoms with van der Waals surface area (Å²) < 4.78 is 2.88. The van der Waals surface area contributed by atoms with Gasteiger partial charge >= 0.3 is 0 Å². The monoisotopic (exact) mass is 348 g/mol. The van der Waals surface area contributed by atoms with Crippen molar-refractivity contribution in [1.29, 1.82) is 0 Å². The molecule has 5 nitrogen and oxygen atoms in total. The van der Waals surface area contributed by atoms with Gasteiger partial charge in [-0.2, -0.15) is 0 Å². The van der Waals surface area contributed by atoms with Crippen LogP contribution in [-0.2, 0) is 20.0 Å². The largest absolute Gasteiger partial charge is 0.327 e. The van der Waals surface area contributed by atoms with Gasteiger partial charge in [0.15, 0.2) is 5.82 Å². The lowest BCUT2D eigenvalue weighted by molar-refractivity contribution is 0.101. The third-order valence-electron chi connectivity index (χ3n) is 3.85. The van der Waals surface area contributed by atoms with E-state index in [-0.39, 0.29) is 5.91 Å². The van der Waals surface area contributed by atoms with Crippen LogP contribution >= 0.6 is 15.9 Å². The lowest BCUT2D eigenvalue weighted by Gasteiger charge is -2.13. The van der Waals surface area contributed by atoms with Crippen LogP contribution in [-0.4, -0.2) is 22.0 Å². The van der Waals surface area contributed by atoms with Gasteiger partial charge in [-0.25, -0.2) is 4.98 Å². The molecule has 1 amide bonds. The van der Waals surface area contributed by atoms with Crippen LogP contribution in [0.25, 0.3) is 0 Å². The Balaban J connectivity index is 1.89. The second-order valence-electron chi connectivity index (χ2n) is 5.18. The van der Waals surface area contributed by atoms with Gasteiger partial charge in [0.05, 0.1) is 5.69 Å². The van der Waals surface area contributed by atoms with Crippen molar-refractivity contribution in [3.8, 4) is 0 Å². The zero-order valence-corrected chi connectivity index (χ0v) is 13.6. The summed E-state index contributed by atoms with van der Waals surface area (Å²) in [6.45, 7) is 3.62. The van der Waals surface area contributed by atoms with Gasteiger partial charge in [-0.05, 0) is 24.6 Å². The summed E-state index contributed by atoms with van der Waals surface area (Å²) in [6.07, 6.45) is 0.905. The third-order valence-corrected chi connectivity index (χ3v) is 4.71. The van der Waals surface area contributed by atoms with Crippen LogP contribution in [0.5, 0.6) is 0 Å². The molecule has 110 valence electrons. The van der Waals surface area contributed by atoms with Crippen LogP contribution < -0.4 is 10.6 Å². The van der Waals surface area contributed by atoms with E-state index in [4.69, 9.17) is 0 Å². The molecule has 6 heteroatoms. The Hall–Kier alpha value is -1.66. The molecule has 1 aromatic carbocycles. The fourth-order valence-electron chi connectivity index (χ4n) is 2.58. The summed E-state index contributed by atoms with van der Waals surface area (Å²) >= 11 is 3.47. The summed E-state index contributed by atoms with van der Waals surface area (Å²) in [4.78, 5) is 17.0. The Bertz CT molecular complexity index is 708. The minimum absolute atomic E-state index is 0.173. The highest BCUT2D eigenvalue weighted by atomic mass is 79.9. The minimum atomic E-state index is -0.173. The van der Waals surface area contributed by atoms with Crippen molar-refractivity contribution in [2.24, 2.45) is 7.05 Å². The summed E-state index contributed by atoms with van der Waals surface area (Å²) in [7, 11) is 1.90. The number of anilines is 1. The summed E-state index contributed by atoms with van der Waals surface area (Å²) in [5.74, 6) is 0.288. The zero-order valence-electron chi connectivity index (χ0n) is 12.0. The molecular weight excluding hydrogens is 332 g/mol. The fraction of sp³-hybridized carbons (Fsp3) is 0.333. The van der Waals surface area contributed by atoms with Crippen molar-refractivity contribution >= 4 is 27.5 Å². The first-order valence-electron chi connectivity index (χ1n) is 6.89. The molecule has 3 rings (SSSR count). The number of carbonyl (C=O) groups is 1. The molecule has 1 aliphatic rings. The number of nitrogens with one attached hydrogen (secondary N) is 2. The SMILES string of the molecule is Cc1c(Br)cccc1NC(=O)c1nc2c(n1C)CCNC2. The van der Waals surface area contributed by atoms with Crippen molar-refractivity contribution < 1.29 is 4.79 Å². The van der Waals surface area contributed by atoms with Gasteiger partial charge in [-0.1, -0.05) is 22.0 Å². The lowest BCUT2D eigenvalue weighted by atomic mass is 10.2. The molecule has 0 bridgehead atoms. The maximum atomic E-state index is 12.5. The van der Waals surface area contributed by atoms with E-state index in [1.807, 2.05) is 36.7 Å². The first kappa shape index (κ1) is 14.3. The average molecular weight is 349 g/mol. The van der Waals surface area contributed by atoms with E-state index < -0.39 is 0 Å². The predicted molar refractivity (Wildman–Crippen MR) is 85.5 cm³/mol. The van der Waals surface area contributed by atoms with Gasteiger partial charge in [0.1, 0.15) is 0 Å². The van der Waals surface area contributed by atoms with Gasteiger partial charge in [0.2, 0.25) is 0 Å². The molecule has 0 unspecified atom stereocenters. The van der Waals surface area contributed by atoms with E-state index in [0.29, 0.717) is 5.82 Å². The molecule has 1 aliphatic heterocycles. The number of fused-ring (bicyclic) bond motifs is 1. The van der Waals surface area contributed by atoms with Crippen LogP contribution in [0.3, 0.4) is 0 Å². The predicted octanol–water partition coefficient (Wildman–Crippen LogP) is 2.39. The zero-order chi connectivity index (χ0) is 15.0. The number of nitrogens with zero attached hydrogens (tertiary/aromatic N) is 2. The number of rotatable bonds is 2. The number of halogens is 1. The van der Waals surface area contributed by atoms with Crippen LogP contribution in [0.1, 0.15) is 27.6 Å². The molecule has 0 spiro atoms. The van der Waals surface area contributed by atoms with Crippen LogP contribution in [0.2, 0.25) is 0 Å². The Kier molecular flexibility index (Phi) is 3.82. The number of aromatic nitrogens is 2. The molecule has 0 fully saturated rings. The molecule has 0 saturated carbocycles. The molecule has 0 atom stereocenters. The standard InChI is InChI=1S/C15H17BrN4O/c1-9-10(16)4-3-5-11(9)19-15(21)14-18-12-8-17-7-6-13(12)20(14)2/h3-5,17H,6-8H2,1-2H3,(H,19,21). The van der Waals surface area contributed by atoms with E-state index in [1.165, 1.54) is 0 Å². The Morgan fingerprint density at radius 3 is 3.05 bits per heavy atom. The molecule has 1 aromatic heterocycles. The highest BCUT2D eigenvalue weighted by Gasteiger charge is 2.22. The lowest BCUT2D eigenvalue weighted by Crippen LogP contribution is -2.24. The number of benzene rings is 1. The first-order chi connectivity index (χ1) is 10.1. The summed E-state index contributed by atoms with van der Waals surface area (Å²) in [5.41, 5.74) is 3.92. The van der Waals surface area contributed by atoms with E-state index in [2.05, 4.69) is 31.5 Å². The molecule has 2 N–H and O–H groups in total. The Labute approximate surface area is 131 Å². The Morgan fingerprint density at radius 2 is 2.29 bits per heavy atom. The summed E-state index contributed by atoms with van der Waals surface area (Å²) in [6, 6.07) is 5.75. The van der Waals surface area contributed by atoms with Crippen molar-refractivity contribution in [1.82, 2.24) is 14.9 Å². The van der Waals surface area contributed by atoms with Gasteiger partial charge in [0, 0.05) is 42.4 Å². The molecule has 2 heterocycles. The molecule has 2 aromatic rings. The Morgan fingerprint density at radius 1 is 1.48 bits per heavy atom. The van der Waals surface area contributed by atoms with Crippen LogP contribution in [0, 0.1) is 6.92 Å². The molecular formula is C15H17BrN4O. The average Bonchev–Trinajstić information content (AvgIpc) is 2.82. The van der Waals surface area contributed by atoms with Gasteiger partial charge in [-0.3, -0.25) is 4.79 Å². The number of imidazole rings is 1. The van der Waals surface area contributed by atoms with E-state index in [0.717, 1.165) is 46.6 Å². The van der Waals surface area contributed by atoms with Crippen LogP contribution in [0.15, 0.2) is 22.7 Å². The van der Waals surface area contributed by atoms with Crippen LogP contribution in [0.4, 0.5) is 5.69 Å². The van der Waals surface area contributed by atoms with Gasteiger partial charge in [0.25, 0.3) is 5.91 Å². The molecule has 0 aliphatic carbocycles. The highest BCUT2D eigenvalue weighted by Crippen LogP contribution is 2.24. The second kappa shape index (κ2) is 5.61. The number of carbonyl (C=O) groups excluding carboxylic acids is 1. The summed E-state index contributed by atoms with van der Waals surface area (Å²) in [5, 5.41) is 6.22. The molecule has 21 heavy (non-hydrogen) atoms. The minimum Gasteiger partial charge on any atom is -0.327 e. The van der Waals surface area contributed by atoms with E-state index in [1.54, 1.807) is 0 Å². The molecule has 0 saturated heterocycles. The normalized spacial score (nSPS) is 13.9. The van der Waals surface area contributed by atoms with E-state index in [9.17, 15) is 4.79 Å². The van der Waals surface area contributed by atoms with Gasteiger partial charge in [-0.15, -0.1) is 0 Å². The van der Waals surface area contributed by atoms with E-state index >= 15 is 0 Å². The molecule has 0 radical (unpaired) electrons. The maximum Gasteiger partial charge on any atom is 0.291 e.